The van der Waals surface area contributed by atoms with Gasteiger partial charge in [-0.1, -0.05) is 19.9 Å². The van der Waals surface area contributed by atoms with Gasteiger partial charge < -0.3 is 19.7 Å². The predicted molar refractivity (Wildman–Crippen MR) is 109 cm³/mol. The van der Waals surface area contributed by atoms with E-state index in [-0.39, 0.29) is 36.4 Å². The molecule has 2 N–H and O–H groups in total. The van der Waals surface area contributed by atoms with Crippen molar-refractivity contribution in [1.29, 1.82) is 0 Å². The predicted octanol–water partition coefficient (Wildman–Crippen LogP) is 2.27. The molecule has 31 heavy (non-hydrogen) atoms. The van der Waals surface area contributed by atoms with Gasteiger partial charge in [0.2, 0.25) is 0 Å². The molecule has 9 atom stereocenters. The quantitative estimate of drug-likeness (QED) is 0.693. The average Bonchev–Trinajstić information content (AvgIpc) is 3.08. The number of ether oxygens (including phenoxy) is 2. The first-order chi connectivity index (χ1) is 14.4. The van der Waals surface area contributed by atoms with E-state index in [1.807, 2.05) is 13.8 Å². The normalized spacial score (nSPS) is 52.1. The number of hydrogen-bond acceptors (Lipinski definition) is 6. The molecule has 4 aliphatic carbocycles. The Morgan fingerprint density at radius 3 is 2.65 bits per heavy atom. The summed E-state index contributed by atoms with van der Waals surface area (Å²) in [5.74, 6) is -2.28. The Morgan fingerprint density at radius 1 is 1.26 bits per heavy atom. The van der Waals surface area contributed by atoms with Crippen LogP contribution in [0.2, 0.25) is 0 Å². The lowest BCUT2D eigenvalue weighted by Gasteiger charge is -2.60. The van der Waals surface area contributed by atoms with Gasteiger partial charge >= 0.3 is 0 Å². The number of carbonyl (C=O) groups is 2. The van der Waals surface area contributed by atoms with E-state index < -0.39 is 53.0 Å². The zero-order valence-electron chi connectivity index (χ0n) is 18.4. The molecule has 0 aromatic carbocycles. The molecule has 0 aromatic heterocycles. The first kappa shape index (κ1) is 21.4. The summed E-state index contributed by atoms with van der Waals surface area (Å²) in [6.45, 7) is 6.65. The number of allylic oxidation sites excluding steroid dienone is 4. The number of alkyl halides is 1. The minimum atomic E-state index is -1.37. The highest BCUT2D eigenvalue weighted by Crippen LogP contribution is 2.70. The molecule has 170 valence electrons. The van der Waals surface area contributed by atoms with Gasteiger partial charge in [-0.15, -0.1) is 0 Å². The minimum Gasteiger partial charge on any atom is -0.393 e. The molecule has 3 saturated carbocycles. The second-order valence-corrected chi connectivity index (χ2v) is 11.0. The van der Waals surface area contributed by atoms with E-state index in [0.29, 0.717) is 12.0 Å². The zero-order chi connectivity index (χ0) is 22.6. The lowest BCUT2D eigenvalue weighted by Crippen LogP contribution is -2.64. The van der Waals surface area contributed by atoms with Crippen LogP contribution in [0.3, 0.4) is 0 Å². The van der Waals surface area contributed by atoms with Gasteiger partial charge in [0.1, 0.15) is 12.8 Å². The van der Waals surface area contributed by atoms with Crippen LogP contribution in [0.5, 0.6) is 0 Å². The molecule has 5 rings (SSSR count). The zero-order valence-corrected chi connectivity index (χ0v) is 18.4. The van der Waals surface area contributed by atoms with Crippen LogP contribution in [0.4, 0.5) is 4.39 Å². The Kier molecular flexibility index (Phi) is 4.38. The number of ketones is 2. The molecule has 6 nitrogen and oxygen atoms in total. The molecule has 0 bridgehead atoms. The smallest absolute Gasteiger partial charge is 0.193 e. The fourth-order valence-corrected chi connectivity index (χ4v) is 8.05. The summed E-state index contributed by atoms with van der Waals surface area (Å²) in [7, 11) is 0. The number of rotatable bonds is 2. The van der Waals surface area contributed by atoms with Crippen LogP contribution in [-0.4, -0.2) is 58.2 Å². The molecule has 4 fully saturated rings. The van der Waals surface area contributed by atoms with Crippen molar-refractivity contribution in [3.63, 3.8) is 0 Å². The highest BCUT2D eigenvalue weighted by molar-refractivity contribution is 6.01. The summed E-state index contributed by atoms with van der Waals surface area (Å²) in [6.07, 6.45) is 2.90. The van der Waals surface area contributed by atoms with Gasteiger partial charge in [-0.3, -0.25) is 9.59 Å². The van der Waals surface area contributed by atoms with Crippen LogP contribution in [-0.2, 0) is 19.1 Å². The van der Waals surface area contributed by atoms with E-state index in [1.54, 1.807) is 19.9 Å². The van der Waals surface area contributed by atoms with E-state index in [1.165, 1.54) is 12.2 Å². The average molecular weight is 435 g/mol. The molecule has 1 aliphatic heterocycles. The number of carbonyl (C=O) groups excluding carboxylic acids is 2. The van der Waals surface area contributed by atoms with E-state index in [9.17, 15) is 19.8 Å². The summed E-state index contributed by atoms with van der Waals surface area (Å²) in [6, 6.07) is 0. The Bertz CT molecular complexity index is 910. The van der Waals surface area contributed by atoms with Crippen LogP contribution < -0.4 is 0 Å². The number of aliphatic hydroxyl groups excluding tert-OH is 2. The molecule has 7 heteroatoms. The lowest BCUT2D eigenvalue weighted by molar-refractivity contribution is -0.226. The molecule has 0 unspecified atom stereocenters. The molecular weight excluding hydrogens is 403 g/mol. The van der Waals surface area contributed by atoms with Crippen LogP contribution in [0.15, 0.2) is 23.8 Å². The van der Waals surface area contributed by atoms with Gasteiger partial charge in [0, 0.05) is 16.7 Å². The van der Waals surface area contributed by atoms with Crippen molar-refractivity contribution in [2.75, 3.05) is 6.61 Å². The number of Topliss-reactive ketones (excluding diaryl/α,β-unsaturated/α-hetero) is 1. The Hall–Kier alpha value is -1.41. The number of hydrogen-bond donors (Lipinski definition) is 2. The van der Waals surface area contributed by atoms with Crippen molar-refractivity contribution < 1.29 is 33.7 Å². The van der Waals surface area contributed by atoms with Gasteiger partial charge in [0.25, 0.3) is 0 Å². The van der Waals surface area contributed by atoms with E-state index in [0.717, 1.165) is 0 Å². The van der Waals surface area contributed by atoms with Crippen molar-refractivity contribution in [3.8, 4) is 0 Å². The second kappa shape index (κ2) is 6.34. The van der Waals surface area contributed by atoms with E-state index in [4.69, 9.17) is 9.47 Å². The van der Waals surface area contributed by atoms with Crippen LogP contribution in [0.25, 0.3) is 0 Å². The summed E-state index contributed by atoms with van der Waals surface area (Å²) < 4.78 is 27.9. The molecule has 1 saturated heterocycles. The maximum atomic E-state index is 15.4. The van der Waals surface area contributed by atoms with Crippen molar-refractivity contribution in [2.45, 2.75) is 76.7 Å². The molecule has 1 heterocycles. The third kappa shape index (κ3) is 2.52. The Morgan fingerprint density at radius 2 is 1.97 bits per heavy atom. The van der Waals surface area contributed by atoms with Gasteiger partial charge in [0.15, 0.2) is 23.0 Å². The largest absolute Gasteiger partial charge is 0.393 e. The maximum Gasteiger partial charge on any atom is 0.193 e. The van der Waals surface area contributed by atoms with Crippen molar-refractivity contribution in [3.05, 3.63) is 23.8 Å². The fourth-order valence-electron chi connectivity index (χ4n) is 8.05. The van der Waals surface area contributed by atoms with Crippen molar-refractivity contribution in [2.24, 2.45) is 28.6 Å². The molecule has 0 aromatic rings. The summed E-state index contributed by atoms with van der Waals surface area (Å²) in [4.78, 5) is 25.1. The first-order valence-corrected chi connectivity index (χ1v) is 11.2. The van der Waals surface area contributed by atoms with E-state index in [2.05, 4.69) is 0 Å². The summed E-state index contributed by atoms with van der Waals surface area (Å²) in [5.41, 5.74) is -2.50. The second-order valence-electron chi connectivity index (χ2n) is 11.0. The maximum absolute atomic E-state index is 15.4. The minimum absolute atomic E-state index is 0.125. The van der Waals surface area contributed by atoms with Gasteiger partial charge in [-0.05, 0) is 62.7 Å². The van der Waals surface area contributed by atoms with Crippen molar-refractivity contribution in [1.82, 2.24) is 0 Å². The highest BCUT2D eigenvalue weighted by Gasteiger charge is 2.77. The molecule has 0 spiro atoms. The molecule has 5 aliphatic rings. The molecular formula is C24H31FO6. The van der Waals surface area contributed by atoms with Crippen LogP contribution >= 0.6 is 0 Å². The number of fused-ring (bicyclic) bond motifs is 7. The Labute approximate surface area is 181 Å². The van der Waals surface area contributed by atoms with Gasteiger partial charge in [0.05, 0.1) is 12.2 Å². The highest BCUT2D eigenvalue weighted by atomic mass is 19.1. The fraction of sp³-hybridized carbons (Fsp3) is 0.750. The standard InChI is InChI=1S/C24H31FO6/c1-21(2)30-19-9-14-13-8-16(25)15-7-12(27)5-6-22(15,3)20(13)17(28)10-23(14,4)24(19,31-21)18(29)11-26/h5-7,13-14,16-17,19-20,26,28H,8-11H2,1-4H3/t13-,14-,16-,17+,19+,20-,22-,23-,24+/m0/s1. The third-order valence-corrected chi connectivity index (χ3v) is 9.03. The van der Waals surface area contributed by atoms with E-state index >= 15 is 4.39 Å². The Balaban J connectivity index is 1.62. The number of aliphatic hydroxyl groups is 2. The first-order valence-electron chi connectivity index (χ1n) is 11.2. The molecule has 0 amide bonds. The monoisotopic (exact) mass is 434 g/mol. The molecule has 0 radical (unpaired) electrons. The van der Waals surface area contributed by atoms with Crippen LogP contribution in [0, 0.1) is 28.6 Å². The topological polar surface area (TPSA) is 93.1 Å². The number of halogens is 1. The third-order valence-electron chi connectivity index (χ3n) is 9.03. The van der Waals surface area contributed by atoms with Gasteiger partial charge in [-0.25, -0.2) is 4.39 Å². The summed E-state index contributed by atoms with van der Waals surface area (Å²) >= 11 is 0. The van der Waals surface area contributed by atoms with Crippen molar-refractivity contribution >= 4 is 11.6 Å². The van der Waals surface area contributed by atoms with Crippen LogP contribution in [0.1, 0.15) is 47.0 Å². The summed E-state index contributed by atoms with van der Waals surface area (Å²) in [5, 5.41) is 21.3. The van der Waals surface area contributed by atoms with Gasteiger partial charge in [-0.2, -0.15) is 0 Å². The SMILES string of the molecule is CC1(C)O[C@@H]2C[C@H]3[C@@H]4C[C@H](F)C5=CC(=O)C=C[C@]5(C)[C@@H]4[C@H](O)C[C@]3(C)[C@]2(C(=O)CO)O1. The lowest BCUT2D eigenvalue weighted by atomic mass is 9.46.